The molecule has 1 aliphatic rings. The van der Waals surface area contributed by atoms with E-state index < -0.39 is 5.41 Å². The molecule has 1 aromatic heterocycles. The zero-order chi connectivity index (χ0) is 19.3. The summed E-state index contributed by atoms with van der Waals surface area (Å²) in [6.45, 7) is 4.07. The fraction of sp³-hybridized carbons (Fsp3) is 0.333. The van der Waals surface area contributed by atoms with E-state index in [0.29, 0.717) is 6.54 Å². The number of hydrogen-bond acceptors (Lipinski definition) is 4. The summed E-state index contributed by atoms with van der Waals surface area (Å²) in [6.07, 6.45) is 0. The van der Waals surface area contributed by atoms with E-state index in [4.69, 9.17) is 9.72 Å². The first-order valence-electron chi connectivity index (χ1n) is 8.96. The molecule has 0 atom stereocenters. The third kappa shape index (κ3) is 2.51. The highest BCUT2D eigenvalue weighted by Crippen LogP contribution is 2.43. The van der Waals surface area contributed by atoms with Crippen molar-refractivity contribution >= 4 is 22.6 Å². The van der Waals surface area contributed by atoms with Crippen molar-refractivity contribution in [3.05, 3.63) is 42.0 Å². The van der Waals surface area contributed by atoms with Gasteiger partial charge in [-0.2, -0.15) is 0 Å². The number of aliphatic hydroxyl groups excluding tert-OH is 1. The molecule has 2 aromatic carbocycles. The fourth-order valence-electron chi connectivity index (χ4n) is 3.83. The van der Waals surface area contributed by atoms with Gasteiger partial charge in [0.15, 0.2) is 0 Å². The Kier molecular flexibility index (Phi) is 3.96. The van der Waals surface area contributed by atoms with E-state index in [1.54, 1.807) is 12.0 Å². The minimum Gasteiger partial charge on any atom is -0.497 e. The van der Waals surface area contributed by atoms with Gasteiger partial charge in [-0.05, 0) is 55.8 Å². The van der Waals surface area contributed by atoms with Gasteiger partial charge in [0.1, 0.15) is 11.6 Å². The second-order valence-electron chi connectivity index (χ2n) is 7.39. The molecule has 0 saturated carbocycles. The molecule has 2 heterocycles. The molecule has 0 aliphatic carbocycles. The van der Waals surface area contributed by atoms with Gasteiger partial charge in [0.2, 0.25) is 5.91 Å². The first kappa shape index (κ1) is 17.5. The Labute approximate surface area is 158 Å². The van der Waals surface area contributed by atoms with Crippen molar-refractivity contribution < 1.29 is 14.6 Å². The van der Waals surface area contributed by atoms with E-state index in [1.807, 2.05) is 61.9 Å². The summed E-state index contributed by atoms with van der Waals surface area (Å²) in [5.41, 5.74) is 3.99. The average Bonchev–Trinajstić information content (AvgIpc) is 3.08. The first-order valence-corrected chi connectivity index (χ1v) is 8.96. The van der Waals surface area contributed by atoms with E-state index in [0.717, 1.165) is 39.4 Å². The van der Waals surface area contributed by atoms with Crippen molar-refractivity contribution in [1.82, 2.24) is 9.55 Å². The maximum Gasteiger partial charge on any atom is 0.237 e. The van der Waals surface area contributed by atoms with Crippen LogP contribution in [0.15, 0.2) is 36.4 Å². The van der Waals surface area contributed by atoms with Crippen molar-refractivity contribution in [1.29, 1.82) is 0 Å². The SMILES string of the molecule is COc1ccc(-c2nc3cc4c(cc3n2C)N(CCO)C(=O)C4(C)C)cc1. The van der Waals surface area contributed by atoms with Crippen molar-refractivity contribution in [2.75, 3.05) is 25.2 Å². The normalized spacial score (nSPS) is 15.4. The number of β-amino-alcohol motifs (C(OH)–C–C–N with tert-alkyl or cyclic N) is 1. The molecular weight excluding hydrogens is 342 g/mol. The zero-order valence-electron chi connectivity index (χ0n) is 16.0. The van der Waals surface area contributed by atoms with Crippen LogP contribution in [0.3, 0.4) is 0 Å². The Morgan fingerprint density at radius 2 is 1.89 bits per heavy atom. The standard InChI is InChI=1S/C21H23N3O3/c1-21(2)15-11-16-18(12-17(15)24(9-10-25)20(21)26)23(3)19(22-16)13-5-7-14(27-4)8-6-13/h5-8,11-12,25H,9-10H2,1-4H3. The van der Waals surface area contributed by atoms with Crippen LogP contribution in [0.25, 0.3) is 22.4 Å². The quantitative estimate of drug-likeness (QED) is 0.772. The van der Waals surface area contributed by atoms with Crippen molar-refractivity contribution in [2.24, 2.45) is 7.05 Å². The summed E-state index contributed by atoms with van der Waals surface area (Å²) >= 11 is 0. The number of carbonyl (C=O) groups excluding carboxylic acids is 1. The molecular formula is C21H23N3O3. The number of anilines is 1. The number of nitrogens with zero attached hydrogens (tertiary/aromatic N) is 3. The van der Waals surface area contributed by atoms with Crippen LogP contribution in [0, 0.1) is 0 Å². The summed E-state index contributed by atoms with van der Waals surface area (Å²) in [6, 6.07) is 11.8. The number of methoxy groups -OCH3 is 1. The van der Waals surface area contributed by atoms with Gasteiger partial charge in [-0.1, -0.05) is 0 Å². The van der Waals surface area contributed by atoms with Crippen molar-refractivity contribution in [2.45, 2.75) is 19.3 Å². The monoisotopic (exact) mass is 365 g/mol. The fourth-order valence-corrected chi connectivity index (χ4v) is 3.83. The lowest BCUT2D eigenvalue weighted by Crippen LogP contribution is -2.37. The molecule has 0 radical (unpaired) electrons. The Morgan fingerprint density at radius 1 is 1.19 bits per heavy atom. The van der Waals surface area contributed by atoms with E-state index in [2.05, 4.69) is 0 Å². The van der Waals surface area contributed by atoms with Gasteiger partial charge in [-0.3, -0.25) is 4.79 Å². The maximum absolute atomic E-state index is 12.8. The Balaban J connectivity index is 1.88. The highest BCUT2D eigenvalue weighted by atomic mass is 16.5. The molecule has 1 N–H and O–H groups in total. The lowest BCUT2D eigenvalue weighted by Gasteiger charge is -2.19. The number of carbonyl (C=O) groups is 1. The molecule has 1 amide bonds. The van der Waals surface area contributed by atoms with Crippen LogP contribution in [0.1, 0.15) is 19.4 Å². The summed E-state index contributed by atoms with van der Waals surface area (Å²) in [4.78, 5) is 19.3. The summed E-state index contributed by atoms with van der Waals surface area (Å²) in [5.74, 6) is 1.67. The second kappa shape index (κ2) is 6.09. The van der Waals surface area contributed by atoms with Crippen molar-refractivity contribution in [3.8, 4) is 17.1 Å². The summed E-state index contributed by atoms with van der Waals surface area (Å²) in [5, 5.41) is 9.38. The predicted molar refractivity (Wildman–Crippen MR) is 105 cm³/mol. The number of aromatic nitrogens is 2. The topological polar surface area (TPSA) is 67.6 Å². The van der Waals surface area contributed by atoms with Crippen LogP contribution in [0.5, 0.6) is 5.75 Å². The van der Waals surface area contributed by atoms with Crippen LogP contribution in [-0.4, -0.2) is 40.8 Å². The van der Waals surface area contributed by atoms with Crippen LogP contribution >= 0.6 is 0 Å². The Hall–Kier alpha value is -2.86. The van der Waals surface area contributed by atoms with Gasteiger partial charge >= 0.3 is 0 Å². The molecule has 27 heavy (non-hydrogen) atoms. The van der Waals surface area contributed by atoms with E-state index >= 15 is 0 Å². The first-order chi connectivity index (χ1) is 12.9. The van der Waals surface area contributed by atoms with Gasteiger partial charge in [0, 0.05) is 19.2 Å². The molecule has 0 unspecified atom stereocenters. The third-order valence-corrected chi connectivity index (χ3v) is 5.41. The van der Waals surface area contributed by atoms with Crippen LogP contribution in [0.4, 0.5) is 5.69 Å². The molecule has 1 aliphatic heterocycles. The van der Waals surface area contributed by atoms with E-state index in [9.17, 15) is 9.90 Å². The van der Waals surface area contributed by atoms with Gasteiger partial charge in [0.25, 0.3) is 0 Å². The van der Waals surface area contributed by atoms with Crippen LogP contribution in [-0.2, 0) is 17.3 Å². The Bertz CT molecular complexity index is 1040. The number of hydrogen-bond donors (Lipinski definition) is 1. The van der Waals surface area contributed by atoms with Gasteiger partial charge in [-0.25, -0.2) is 4.98 Å². The van der Waals surface area contributed by atoms with Crippen LogP contribution < -0.4 is 9.64 Å². The van der Waals surface area contributed by atoms with Gasteiger partial charge in [0.05, 0.1) is 35.9 Å². The lowest BCUT2D eigenvalue weighted by molar-refractivity contribution is -0.122. The number of aliphatic hydroxyl groups is 1. The maximum atomic E-state index is 12.8. The summed E-state index contributed by atoms with van der Waals surface area (Å²) in [7, 11) is 3.62. The highest BCUT2D eigenvalue weighted by molar-refractivity contribution is 6.09. The molecule has 0 bridgehead atoms. The third-order valence-electron chi connectivity index (χ3n) is 5.41. The number of aryl methyl sites for hydroxylation is 1. The molecule has 0 spiro atoms. The molecule has 0 saturated heterocycles. The minimum atomic E-state index is -0.628. The minimum absolute atomic E-state index is 0.0113. The number of imidazole rings is 1. The predicted octanol–water partition coefficient (Wildman–Crippen LogP) is 2.87. The zero-order valence-corrected chi connectivity index (χ0v) is 16.0. The number of ether oxygens (including phenoxy) is 1. The Morgan fingerprint density at radius 3 is 2.52 bits per heavy atom. The van der Waals surface area contributed by atoms with E-state index in [1.165, 1.54) is 0 Å². The number of amides is 1. The molecule has 3 aromatic rings. The molecule has 0 fully saturated rings. The van der Waals surface area contributed by atoms with E-state index in [-0.39, 0.29) is 12.5 Å². The average molecular weight is 365 g/mol. The summed E-state index contributed by atoms with van der Waals surface area (Å²) < 4.78 is 7.26. The highest BCUT2D eigenvalue weighted by Gasteiger charge is 2.44. The van der Waals surface area contributed by atoms with Crippen molar-refractivity contribution in [3.63, 3.8) is 0 Å². The molecule has 4 rings (SSSR count). The van der Waals surface area contributed by atoms with Gasteiger partial charge in [-0.15, -0.1) is 0 Å². The van der Waals surface area contributed by atoms with Gasteiger partial charge < -0.3 is 19.3 Å². The van der Waals surface area contributed by atoms with Crippen LogP contribution in [0.2, 0.25) is 0 Å². The number of benzene rings is 2. The number of fused-ring (bicyclic) bond motifs is 2. The second-order valence-corrected chi connectivity index (χ2v) is 7.39. The number of rotatable bonds is 4. The molecule has 140 valence electrons. The largest absolute Gasteiger partial charge is 0.497 e. The smallest absolute Gasteiger partial charge is 0.237 e. The molecule has 6 nitrogen and oxygen atoms in total. The molecule has 6 heteroatoms. The lowest BCUT2D eigenvalue weighted by atomic mass is 9.86.